The predicted molar refractivity (Wildman–Crippen MR) is 76.1 cm³/mol. The highest BCUT2D eigenvalue weighted by Crippen LogP contribution is 2.28. The van der Waals surface area contributed by atoms with E-state index in [4.69, 9.17) is 16.7 Å². The van der Waals surface area contributed by atoms with Gasteiger partial charge in [-0.05, 0) is 37.0 Å². The number of carbonyl (C=O) groups is 1. The van der Waals surface area contributed by atoms with Gasteiger partial charge < -0.3 is 10.0 Å². The van der Waals surface area contributed by atoms with Crippen LogP contribution in [0.25, 0.3) is 0 Å². The maximum Gasteiger partial charge on any atom is 0.226 e. The van der Waals surface area contributed by atoms with Crippen LogP contribution in [0.3, 0.4) is 0 Å². The van der Waals surface area contributed by atoms with Crippen molar-refractivity contribution in [2.45, 2.75) is 32.2 Å². The largest absolute Gasteiger partial charge is 0.395 e. The van der Waals surface area contributed by atoms with Crippen molar-refractivity contribution in [2.24, 2.45) is 5.92 Å². The molecule has 1 amide bonds. The van der Waals surface area contributed by atoms with Gasteiger partial charge in [0.05, 0.1) is 6.61 Å². The minimum absolute atomic E-state index is 0.0376. The van der Waals surface area contributed by atoms with Crippen molar-refractivity contribution in [3.8, 4) is 0 Å². The van der Waals surface area contributed by atoms with Gasteiger partial charge in [0.25, 0.3) is 0 Å². The molecule has 1 unspecified atom stereocenters. The first-order valence-corrected chi connectivity index (χ1v) is 7.15. The van der Waals surface area contributed by atoms with Crippen LogP contribution >= 0.6 is 11.6 Å². The Kier molecular flexibility index (Phi) is 4.83. The number of halogens is 1. The molecule has 1 fully saturated rings. The van der Waals surface area contributed by atoms with Crippen LogP contribution in [0.5, 0.6) is 0 Å². The molecule has 0 aromatic heterocycles. The van der Waals surface area contributed by atoms with E-state index in [0.717, 1.165) is 18.4 Å². The molecule has 1 aromatic rings. The van der Waals surface area contributed by atoms with Gasteiger partial charge in [0.15, 0.2) is 0 Å². The van der Waals surface area contributed by atoms with E-state index in [2.05, 4.69) is 0 Å². The third-order valence-electron chi connectivity index (χ3n) is 3.49. The van der Waals surface area contributed by atoms with Crippen molar-refractivity contribution in [1.82, 2.24) is 4.90 Å². The number of hydrogen-bond donors (Lipinski definition) is 1. The van der Waals surface area contributed by atoms with E-state index in [0.29, 0.717) is 24.0 Å². The average Bonchev–Trinajstić information content (AvgIpc) is 3.22. The zero-order valence-electron chi connectivity index (χ0n) is 11.2. The quantitative estimate of drug-likeness (QED) is 0.870. The fourth-order valence-corrected chi connectivity index (χ4v) is 2.44. The number of hydrogen-bond acceptors (Lipinski definition) is 2. The van der Waals surface area contributed by atoms with E-state index >= 15 is 0 Å². The van der Waals surface area contributed by atoms with Crippen LogP contribution in [0.1, 0.15) is 25.3 Å². The highest BCUT2D eigenvalue weighted by Gasteiger charge is 2.33. The molecule has 0 aliphatic heterocycles. The summed E-state index contributed by atoms with van der Waals surface area (Å²) in [5.41, 5.74) is 1.12. The SMILES string of the molecule is CC(Cc1ccc(Cl)cc1)C(=O)N(CCO)C1CC1. The lowest BCUT2D eigenvalue weighted by Gasteiger charge is -2.25. The number of aliphatic hydroxyl groups excluding tert-OH is 1. The first kappa shape index (κ1) is 14.4. The minimum Gasteiger partial charge on any atom is -0.395 e. The van der Waals surface area contributed by atoms with Gasteiger partial charge in [-0.2, -0.15) is 0 Å². The van der Waals surface area contributed by atoms with E-state index in [1.807, 2.05) is 36.1 Å². The Morgan fingerprint density at radius 1 is 1.42 bits per heavy atom. The van der Waals surface area contributed by atoms with E-state index < -0.39 is 0 Å². The molecule has 19 heavy (non-hydrogen) atoms. The second-order valence-corrected chi connectivity index (χ2v) is 5.65. The number of nitrogens with zero attached hydrogens (tertiary/aromatic N) is 1. The molecule has 1 N–H and O–H groups in total. The van der Waals surface area contributed by atoms with Crippen LogP contribution in [0.2, 0.25) is 5.02 Å². The molecule has 104 valence electrons. The first-order chi connectivity index (χ1) is 9.11. The van der Waals surface area contributed by atoms with Crippen molar-refractivity contribution in [1.29, 1.82) is 0 Å². The van der Waals surface area contributed by atoms with Crippen molar-refractivity contribution in [3.05, 3.63) is 34.9 Å². The molecule has 0 heterocycles. The zero-order chi connectivity index (χ0) is 13.8. The molecule has 1 aliphatic rings. The van der Waals surface area contributed by atoms with Gasteiger partial charge in [-0.15, -0.1) is 0 Å². The van der Waals surface area contributed by atoms with Crippen LogP contribution in [0, 0.1) is 5.92 Å². The summed E-state index contributed by atoms with van der Waals surface area (Å²) in [6.07, 6.45) is 2.85. The van der Waals surface area contributed by atoms with Gasteiger partial charge in [0.2, 0.25) is 5.91 Å². The number of rotatable bonds is 6. The van der Waals surface area contributed by atoms with Crippen molar-refractivity contribution < 1.29 is 9.90 Å². The highest BCUT2D eigenvalue weighted by atomic mass is 35.5. The Labute approximate surface area is 119 Å². The summed E-state index contributed by atoms with van der Waals surface area (Å²) in [4.78, 5) is 14.2. The number of amides is 1. The predicted octanol–water partition coefficient (Wildman–Crippen LogP) is 2.50. The van der Waals surface area contributed by atoms with E-state index in [9.17, 15) is 4.79 Å². The molecule has 0 radical (unpaired) electrons. The molecule has 0 saturated heterocycles. The standard InChI is InChI=1S/C15H20ClNO2/c1-11(10-12-2-4-13(16)5-3-12)15(19)17(8-9-18)14-6-7-14/h2-5,11,14,18H,6-10H2,1H3. The van der Waals surface area contributed by atoms with Crippen LogP contribution in [-0.2, 0) is 11.2 Å². The van der Waals surface area contributed by atoms with Crippen LogP contribution in [0.4, 0.5) is 0 Å². The fraction of sp³-hybridized carbons (Fsp3) is 0.533. The minimum atomic E-state index is -0.0617. The molecule has 1 aromatic carbocycles. The third-order valence-corrected chi connectivity index (χ3v) is 3.74. The molecule has 1 saturated carbocycles. The van der Waals surface area contributed by atoms with Crippen LogP contribution in [-0.4, -0.2) is 35.1 Å². The molecule has 0 spiro atoms. The number of aliphatic hydroxyl groups is 1. The van der Waals surface area contributed by atoms with Crippen molar-refractivity contribution in [3.63, 3.8) is 0 Å². The Morgan fingerprint density at radius 2 is 2.05 bits per heavy atom. The molecular formula is C15H20ClNO2. The molecule has 1 atom stereocenters. The Morgan fingerprint density at radius 3 is 2.58 bits per heavy atom. The number of carbonyl (C=O) groups excluding carboxylic acids is 1. The lowest BCUT2D eigenvalue weighted by molar-refractivity contribution is -0.136. The van der Waals surface area contributed by atoms with Gasteiger partial charge in [0, 0.05) is 23.5 Å². The molecule has 2 rings (SSSR count). The average molecular weight is 282 g/mol. The second-order valence-electron chi connectivity index (χ2n) is 5.22. The summed E-state index contributed by atoms with van der Waals surface area (Å²) in [6, 6.07) is 7.97. The van der Waals surface area contributed by atoms with E-state index in [1.165, 1.54) is 0 Å². The van der Waals surface area contributed by atoms with E-state index in [-0.39, 0.29) is 18.4 Å². The fourth-order valence-electron chi connectivity index (χ4n) is 2.31. The summed E-state index contributed by atoms with van der Waals surface area (Å²) in [5.74, 6) is 0.0832. The highest BCUT2D eigenvalue weighted by molar-refractivity contribution is 6.30. The molecule has 1 aliphatic carbocycles. The second kappa shape index (κ2) is 6.40. The third kappa shape index (κ3) is 3.95. The van der Waals surface area contributed by atoms with Crippen molar-refractivity contribution >= 4 is 17.5 Å². The van der Waals surface area contributed by atoms with Gasteiger partial charge in [-0.3, -0.25) is 4.79 Å². The Bertz CT molecular complexity index is 428. The summed E-state index contributed by atoms with van der Waals surface area (Å²) < 4.78 is 0. The topological polar surface area (TPSA) is 40.5 Å². The van der Waals surface area contributed by atoms with Gasteiger partial charge in [0.1, 0.15) is 0 Å². The lowest BCUT2D eigenvalue weighted by atomic mass is 9.99. The van der Waals surface area contributed by atoms with Gasteiger partial charge >= 0.3 is 0 Å². The molecule has 0 bridgehead atoms. The maximum atomic E-state index is 12.4. The monoisotopic (exact) mass is 281 g/mol. The van der Waals surface area contributed by atoms with E-state index in [1.54, 1.807) is 0 Å². The summed E-state index contributed by atoms with van der Waals surface area (Å²) in [7, 11) is 0. The zero-order valence-corrected chi connectivity index (χ0v) is 11.9. The lowest BCUT2D eigenvalue weighted by Crippen LogP contribution is -2.39. The Hall–Kier alpha value is -1.06. The molecule has 3 nitrogen and oxygen atoms in total. The summed E-state index contributed by atoms with van der Waals surface area (Å²) in [5, 5.41) is 9.77. The summed E-state index contributed by atoms with van der Waals surface area (Å²) >= 11 is 5.85. The molecule has 4 heteroatoms. The maximum absolute atomic E-state index is 12.4. The van der Waals surface area contributed by atoms with Gasteiger partial charge in [-0.1, -0.05) is 30.7 Å². The van der Waals surface area contributed by atoms with Crippen LogP contribution < -0.4 is 0 Å². The van der Waals surface area contributed by atoms with Crippen molar-refractivity contribution in [2.75, 3.05) is 13.2 Å². The molecular weight excluding hydrogens is 262 g/mol. The summed E-state index contributed by atoms with van der Waals surface area (Å²) in [6.45, 7) is 2.44. The number of benzene rings is 1. The van der Waals surface area contributed by atoms with Crippen LogP contribution in [0.15, 0.2) is 24.3 Å². The smallest absolute Gasteiger partial charge is 0.226 e. The first-order valence-electron chi connectivity index (χ1n) is 6.77. The normalized spacial score (nSPS) is 16.2. The Balaban J connectivity index is 1.95. The van der Waals surface area contributed by atoms with Gasteiger partial charge in [-0.25, -0.2) is 0 Å².